The minimum atomic E-state index is -0.478. The standard InChI is InChI=1S/C10H20N2O2/c1-7(11)10(14)12(2)8-5-3-4-6-9(8)13/h7-9,13H,3-6,11H2,1-2H3/t7-,8?,9?/m0/s1. The Kier molecular flexibility index (Phi) is 3.89. The van der Waals surface area contributed by atoms with Crippen LogP contribution in [-0.2, 0) is 4.79 Å². The van der Waals surface area contributed by atoms with Crippen molar-refractivity contribution in [3.05, 3.63) is 0 Å². The molecule has 0 saturated heterocycles. The highest BCUT2D eigenvalue weighted by Gasteiger charge is 2.30. The number of carbonyl (C=O) groups is 1. The average Bonchev–Trinajstić information content (AvgIpc) is 2.16. The number of amides is 1. The maximum atomic E-state index is 11.6. The van der Waals surface area contributed by atoms with Crippen molar-refractivity contribution in [3.63, 3.8) is 0 Å². The predicted molar refractivity (Wildman–Crippen MR) is 54.7 cm³/mol. The smallest absolute Gasteiger partial charge is 0.239 e. The molecule has 0 radical (unpaired) electrons. The van der Waals surface area contributed by atoms with Crippen molar-refractivity contribution in [2.75, 3.05) is 7.05 Å². The Bertz CT molecular complexity index is 206. The molecule has 1 aliphatic rings. The van der Waals surface area contributed by atoms with Crippen molar-refractivity contribution >= 4 is 5.91 Å². The number of hydrogen-bond acceptors (Lipinski definition) is 3. The maximum absolute atomic E-state index is 11.6. The Hall–Kier alpha value is -0.610. The van der Waals surface area contributed by atoms with E-state index in [-0.39, 0.29) is 18.1 Å². The van der Waals surface area contributed by atoms with Crippen LogP contribution in [0.1, 0.15) is 32.6 Å². The molecule has 0 heterocycles. The van der Waals surface area contributed by atoms with Crippen LogP contribution < -0.4 is 5.73 Å². The monoisotopic (exact) mass is 200 g/mol. The molecular weight excluding hydrogens is 180 g/mol. The minimum absolute atomic E-state index is 0.0396. The molecule has 0 aromatic carbocycles. The topological polar surface area (TPSA) is 66.6 Å². The second-order valence-electron chi connectivity index (χ2n) is 4.16. The number of carbonyl (C=O) groups excluding carboxylic acids is 1. The normalized spacial score (nSPS) is 29.7. The van der Waals surface area contributed by atoms with Gasteiger partial charge < -0.3 is 15.7 Å². The summed E-state index contributed by atoms with van der Waals surface area (Å²) < 4.78 is 0. The highest BCUT2D eigenvalue weighted by atomic mass is 16.3. The third kappa shape index (κ3) is 2.45. The van der Waals surface area contributed by atoms with Gasteiger partial charge in [0.15, 0.2) is 0 Å². The number of hydrogen-bond donors (Lipinski definition) is 2. The van der Waals surface area contributed by atoms with Crippen molar-refractivity contribution in [1.82, 2.24) is 4.90 Å². The molecule has 3 N–H and O–H groups in total. The lowest BCUT2D eigenvalue weighted by Gasteiger charge is -2.35. The van der Waals surface area contributed by atoms with E-state index in [1.54, 1.807) is 18.9 Å². The minimum Gasteiger partial charge on any atom is -0.391 e. The van der Waals surface area contributed by atoms with E-state index in [2.05, 4.69) is 0 Å². The second kappa shape index (κ2) is 4.75. The first-order chi connectivity index (χ1) is 6.54. The van der Waals surface area contributed by atoms with Crippen LogP contribution in [0.2, 0.25) is 0 Å². The largest absolute Gasteiger partial charge is 0.391 e. The van der Waals surface area contributed by atoms with Gasteiger partial charge in [-0.3, -0.25) is 4.79 Å². The molecule has 0 aromatic heterocycles. The third-order valence-corrected chi connectivity index (χ3v) is 2.93. The van der Waals surface area contributed by atoms with E-state index >= 15 is 0 Å². The summed E-state index contributed by atoms with van der Waals surface area (Å²) in [4.78, 5) is 13.2. The molecule has 3 atom stereocenters. The number of rotatable bonds is 2. The molecule has 1 fully saturated rings. The predicted octanol–water partition coefficient (Wildman–Crippen LogP) is 0.0955. The van der Waals surface area contributed by atoms with Gasteiger partial charge in [0.2, 0.25) is 5.91 Å². The van der Waals surface area contributed by atoms with E-state index in [0.29, 0.717) is 0 Å². The van der Waals surface area contributed by atoms with Gasteiger partial charge in [-0.1, -0.05) is 12.8 Å². The molecule has 4 nitrogen and oxygen atoms in total. The van der Waals surface area contributed by atoms with E-state index in [1.807, 2.05) is 0 Å². The molecule has 1 aliphatic carbocycles. The van der Waals surface area contributed by atoms with Gasteiger partial charge in [-0.25, -0.2) is 0 Å². The fraction of sp³-hybridized carbons (Fsp3) is 0.900. The number of nitrogens with two attached hydrogens (primary N) is 1. The summed E-state index contributed by atoms with van der Waals surface area (Å²) in [5.41, 5.74) is 5.52. The quantitative estimate of drug-likeness (QED) is 0.664. The summed E-state index contributed by atoms with van der Waals surface area (Å²) >= 11 is 0. The van der Waals surface area contributed by atoms with Crippen LogP contribution in [0.4, 0.5) is 0 Å². The zero-order valence-electron chi connectivity index (χ0n) is 8.94. The molecule has 1 saturated carbocycles. The molecule has 0 spiro atoms. The van der Waals surface area contributed by atoms with E-state index < -0.39 is 6.04 Å². The molecule has 1 rings (SSSR count). The Morgan fingerprint density at radius 2 is 2.07 bits per heavy atom. The Labute approximate surface area is 85.1 Å². The fourth-order valence-corrected chi connectivity index (χ4v) is 2.03. The van der Waals surface area contributed by atoms with Crippen LogP contribution in [0.15, 0.2) is 0 Å². The molecule has 1 amide bonds. The van der Waals surface area contributed by atoms with Crippen LogP contribution in [0.5, 0.6) is 0 Å². The first-order valence-corrected chi connectivity index (χ1v) is 5.24. The molecule has 0 bridgehead atoms. The van der Waals surface area contributed by atoms with E-state index in [4.69, 9.17) is 5.73 Å². The van der Waals surface area contributed by atoms with Crippen LogP contribution in [0, 0.1) is 0 Å². The summed E-state index contributed by atoms with van der Waals surface area (Å²) in [6.45, 7) is 1.67. The van der Waals surface area contributed by atoms with Crippen LogP contribution in [-0.4, -0.2) is 41.1 Å². The summed E-state index contributed by atoms with van der Waals surface area (Å²) in [7, 11) is 1.73. The van der Waals surface area contributed by atoms with Crippen molar-refractivity contribution in [2.45, 2.75) is 50.8 Å². The number of nitrogens with zero attached hydrogens (tertiary/aromatic N) is 1. The van der Waals surface area contributed by atoms with Gasteiger partial charge >= 0.3 is 0 Å². The first-order valence-electron chi connectivity index (χ1n) is 5.24. The molecule has 82 valence electrons. The number of aliphatic hydroxyl groups excluding tert-OH is 1. The van der Waals surface area contributed by atoms with Gasteiger partial charge in [-0.05, 0) is 19.8 Å². The SMILES string of the molecule is C[C@H](N)C(=O)N(C)C1CCCCC1O. The van der Waals surface area contributed by atoms with Crippen LogP contribution in [0.25, 0.3) is 0 Å². The summed E-state index contributed by atoms with van der Waals surface area (Å²) in [5, 5.41) is 9.74. The zero-order chi connectivity index (χ0) is 10.7. The van der Waals surface area contributed by atoms with E-state index in [1.165, 1.54) is 0 Å². The lowest BCUT2D eigenvalue weighted by atomic mass is 9.91. The Balaban J connectivity index is 2.57. The van der Waals surface area contributed by atoms with Gasteiger partial charge in [0.1, 0.15) is 0 Å². The van der Waals surface area contributed by atoms with E-state index in [9.17, 15) is 9.90 Å². The molecule has 14 heavy (non-hydrogen) atoms. The van der Waals surface area contributed by atoms with Gasteiger partial charge in [-0.15, -0.1) is 0 Å². The summed E-state index contributed by atoms with van der Waals surface area (Å²) in [6, 6.07) is -0.517. The van der Waals surface area contributed by atoms with Gasteiger partial charge in [-0.2, -0.15) is 0 Å². The summed E-state index contributed by atoms with van der Waals surface area (Å²) in [6.07, 6.45) is 3.43. The average molecular weight is 200 g/mol. The summed E-state index contributed by atoms with van der Waals surface area (Å²) in [5.74, 6) is -0.0871. The number of likely N-dealkylation sites (N-methyl/N-ethyl adjacent to an activating group) is 1. The van der Waals surface area contributed by atoms with Crippen molar-refractivity contribution in [3.8, 4) is 0 Å². The van der Waals surface area contributed by atoms with Crippen molar-refractivity contribution in [1.29, 1.82) is 0 Å². The van der Waals surface area contributed by atoms with Gasteiger partial charge in [0.05, 0.1) is 18.2 Å². The Morgan fingerprint density at radius 1 is 1.50 bits per heavy atom. The fourth-order valence-electron chi connectivity index (χ4n) is 2.03. The third-order valence-electron chi connectivity index (χ3n) is 2.93. The van der Waals surface area contributed by atoms with Crippen molar-refractivity contribution in [2.24, 2.45) is 5.73 Å². The molecule has 0 aromatic rings. The number of aliphatic hydroxyl groups is 1. The molecule has 2 unspecified atom stereocenters. The highest BCUT2D eigenvalue weighted by Crippen LogP contribution is 2.22. The molecule has 4 heteroatoms. The lowest BCUT2D eigenvalue weighted by molar-refractivity contribution is -0.136. The Morgan fingerprint density at radius 3 is 2.57 bits per heavy atom. The molecular formula is C10H20N2O2. The van der Waals surface area contributed by atoms with E-state index in [0.717, 1.165) is 25.7 Å². The van der Waals surface area contributed by atoms with Crippen molar-refractivity contribution < 1.29 is 9.90 Å². The van der Waals surface area contributed by atoms with Gasteiger partial charge in [0, 0.05) is 7.05 Å². The van der Waals surface area contributed by atoms with Crippen LogP contribution >= 0.6 is 0 Å². The van der Waals surface area contributed by atoms with Gasteiger partial charge in [0.25, 0.3) is 0 Å². The zero-order valence-corrected chi connectivity index (χ0v) is 8.94. The maximum Gasteiger partial charge on any atom is 0.239 e. The van der Waals surface area contributed by atoms with Crippen LogP contribution in [0.3, 0.4) is 0 Å². The molecule has 0 aliphatic heterocycles. The first kappa shape index (κ1) is 11.5. The lowest BCUT2D eigenvalue weighted by Crippen LogP contribution is -2.50. The second-order valence-corrected chi connectivity index (χ2v) is 4.16. The highest BCUT2D eigenvalue weighted by molar-refractivity contribution is 5.81.